The highest BCUT2D eigenvalue weighted by Crippen LogP contribution is 2.43. The smallest absolute Gasteiger partial charge is 0.276 e. The van der Waals surface area contributed by atoms with E-state index in [0.717, 1.165) is 11.3 Å². The molecule has 0 aromatic carbocycles. The maximum absolute atomic E-state index is 13.1. The molecular formula is C19H16N8O4S3. The lowest BCUT2D eigenvalue weighted by atomic mass is 10.0. The normalized spacial score (nSPS) is 20.2. The lowest BCUT2D eigenvalue weighted by Gasteiger charge is -2.49. The van der Waals surface area contributed by atoms with E-state index in [1.54, 1.807) is 34.4 Å². The highest BCUT2D eigenvalue weighted by atomic mass is 32.2. The van der Waals surface area contributed by atoms with Gasteiger partial charge in [0.15, 0.2) is 16.5 Å². The molecule has 5 rings (SSSR count). The third-order valence-corrected chi connectivity index (χ3v) is 7.35. The summed E-state index contributed by atoms with van der Waals surface area (Å²) < 4.78 is 1.60. The SMILES string of the molecule is CON=C(C(=O)N[C@@H]1C(=O)N2C(C(=O)S)=C(c3ccn4nccc4n3)CS[C@H]12)c1csc(N)n1. The summed E-state index contributed by atoms with van der Waals surface area (Å²) in [5.74, 6) is -0.700. The van der Waals surface area contributed by atoms with E-state index in [4.69, 9.17) is 10.6 Å². The second-order valence-corrected chi connectivity index (χ2v) is 9.53. The average Bonchev–Trinajstić information content (AvgIpc) is 3.47. The van der Waals surface area contributed by atoms with E-state index < -0.39 is 28.3 Å². The second kappa shape index (κ2) is 8.73. The van der Waals surface area contributed by atoms with Crippen LogP contribution in [0.3, 0.4) is 0 Å². The minimum absolute atomic E-state index is 0.109. The van der Waals surface area contributed by atoms with Crippen molar-refractivity contribution in [3.05, 3.63) is 47.0 Å². The Morgan fingerprint density at radius 1 is 1.35 bits per heavy atom. The quantitative estimate of drug-likeness (QED) is 0.182. The zero-order valence-electron chi connectivity index (χ0n) is 17.4. The third-order valence-electron chi connectivity index (χ3n) is 5.19. The topological polar surface area (TPSA) is 157 Å². The van der Waals surface area contributed by atoms with Gasteiger partial charge in [0.25, 0.3) is 11.8 Å². The predicted octanol–water partition coefficient (Wildman–Crippen LogP) is 0.386. The molecule has 2 atom stereocenters. The Hall–Kier alpha value is -3.43. The highest BCUT2D eigenvalue weighted by Gasteiger charge is 2.54. The molecule has 5 heterocycles. The highest BCUT2D eigenvalue weighted by molar-refractivity contribution is 8.00. The molecule has 0 radical (unpaired) electrons. The van der Waals surface area contributed by atoms with Gasteiger partial charge in [-0.25, -0.2) is 14.5 Å². The molecule has 0 aliphatic carbocycles. The fourth-order valence-electron chi connectivity index (χ4n) is 3.70. The van der Waals surface area contributed by atoms with Gasteiger partial charge in [-0.05, 0) is 6.07 Å². The number of thiol groups is 1. The Labute approximate surface area is 205 Å². The summed E-state index contributed by atoms with van der Waals surface area (Å²) in [6.07, 6.45) is 3.34. The molecule has 15 heteroatoms. The molecule has 0 bridgehead atoms. The largest absolute Gasteiger partial charge is 0.398 e. The summed E-state index contributed by atoms with van der Waals surface area (Å²) >= 11 is 6.56. The number of hydrogen-bond donors (Lipinski definition) is 3. The molecule has 3 aromatic rings. The number of aromatic nitrogens is 4. The number of amides is 2. The third kappa shape index (κ3) is 3.70. The van der Waals surface area contributed by atoms with Gasteiger partial charge >= 0.3 is 0 Å². The number of carbonyl (C=O) groups excluding carboxylic acids is 3. The van der Waals surface area contributed by atoms with Gasteiger partial charge in [-0.1, -0.05) is 17.8 Å². The Bertz CT molecular complexity index is 1400. The fourth-order valence-corrected chi connectivity index (χ4v) is 5.85. The Morgan fingerprint density at radius 2 is 2.18 bits per heavy atom. The van der Waals surface area contributed by atoms with Crippen molar-refractivity contribution in [1.29, 1.82) is 0 Å². The Kier molecular flexibility index (Phi) is 5.75. The van der Waals surface area contributed by atoms with Crippen LogP contribution in [-0.4, -0.2) is 71.4 Å². The summed E-state index contributed by atoms with van der Waals surface area (Å²) in [7, 11) is 1.29. The molecule has 0 unspecified atom stereocenters. The van der Waals surface area contributed by atoms with Crippen LogP contribution in [0.15, 0.2) is 40.8 Å². The zero-order chi connectivity index (χ0) is 24.0. The molecule has 0 saturated carbocycles. The van der Waals surface area contributed by atoms with Gasteiger partial charge in [0.1, 0.15) is 29.9 Å². The molecule has 2 amide bonds. The van der Waals surface area contributed by atoms with Crippen LogP contribution in [0.5, 0.6) is 0 Å². The van der Waals surface area contributed by atoms with Crippen LogP contribution in [0, 0.1) is 0 Å². The number of thioether (sulfide) groups is 1. The molecule has 1 saturated heterocycles. The van der Waals surface area contributed by atoms with E-state index in [1.807, 2.05) is 0 Å². The fraction of sp³-hybridized carbons (Fsp3) is 0.211. The van der Waals surface area contributed by atoms with Crippen molar-refractivity contribution in [3.8, 4) is 0 Å². The molecule has 1 fully saturated rings. The Balaban J connectivity index is 1.41. The molecule has 34 heavy (non-hydrogen) atoms. The van der Waals surface area contributed by atoms with Crippen LogP contribution in [0.1, 0.15) is 11.4 Å². The summed E-state index contributed by atoms with van der Waals surface area (Å²) in [5, 5.41) is 11.3. The van der Waals surface area contributed by atoms with Crippen LogP contribution in [0.25, 0.3) is 11.2 Å². The van der Waals surface area contributed by atoms with E-state index >= 15 is 0 Å². The van der Waals surface area contributed by atoms with Crippen LogP contribution < -0.4 is 11.1 Å². The minimum atomic E-state index is -0.870. The maximum Gasteiger partial charge on any atom is 0.276 e. The number of rotatable bonds is 6. The lowest BCUT2D eigenvalue weighted by molar-refractivity contribution is -0.145. The van der Waals surface area contributed by atoms with Gasteiger partial charge < -0.3 is 15.9 Å². The number of nitrogens with zero attached hydrogens (tertiary/aromatic N) is 6. The first-order chi connectivity index (χ1) is 16.4. The lowest BCUT2D eigenvalue weighted by Crippen LogP contribution is -2.70. The molecule has 174 valence electrons. The maximum atomic E-state index is 13.1. The van der Waals surface area contributed by atoms with E-state index in [9.17, 15) is 14.4 Å². The first-order valence-corrected chi connectivity index (χ1v) is 12.1. The van der Waals surface area contributed by atoms with Gasteiger partial charge in [0.2, 0.25) is 5.12 Å². The van der Waals surface area contributed by atoms with Crippen LogP contribution in [-0.2, 0) is 19.2 Å². The van der Waals surface area contributed by atoms with Crippen molar-refractivity contribution in [2.75, 3.05) is 18.6 Å². The molecule has 0 spiro atoms. The number of carbonyl (C=O) groups is 3. The monoisotopic (exact) mass is 516 g/mol. The molecule has 3 aromatic heterocycles. The summed E-state index contributed by atoms with van der Waals surface area (Å²) in [6.45, 7) is 0. The summed E-state index contributed by atoms with van der Waals surface area (Å²) in [6, 6.07) is 2.59. The van der Waals surface area contributed by atoms with Gasteiger partial charge in [-0.2, -0.15) is 5.10 Å². The average molecular weight is 517 g/mol. The molecule has 3 N–H and O–H groups in total. The summed E-state index contributed by atoms with van der Waals surface area (Å²) in [5.41, 5.74) is 7.67. The molecular weight excluding hydrogens is 500 g/mol. The van der Waals surface area contributed by atoms with Crippen molar-refractivity contribution < 1.29 is 19.2 Å². The number of anilines is 1. The van der Waals surface area contributed by atoms with E-state index in [0.29, 0.717) is 22.7 Å². The molecule has 12 nitrogen and oxygen atoms in total. The number of nitrogen functional groups attached to an aromatic ring is 1. The molecule has 2 aliphatic rings. The Morgan fingerprint density at radius 3 is 2.88 bits per heavy atom. The van der Waals surface area contributed by atoms with Crippen molar-refractivity contribution >= 4 is 74.7 Å². The number of oxime groups is 1. The van der Waals surface area contributed by atoms with Gasteiger partial charge in [-0.3, -0.25) is 19.3 Å². The van der Waals surface area contributed by atoms with Crippen LogP contribution >= 0.6 is 35.7 Å². The van der Waals surface area contributed by atoms with E-state index in [2.05, 4.69) is 38.2 Å². The molecule has 2 aliphatic heterocycles. The number of nitrogens with two attached hydrogens (primary N) is 1. The summed E-state index contributed by atoms with van der Waals surface area (Å²) in [4.78, 5) is 53.1. The first-order valence-electron chi connectivity index (χ1n) is 9.74. The van der Waals surface area contributed by atoms with Crippen molar-refractivity contribution in [3.63, 3.8) is 0 Å². The zero-order valence-corrected chi connectivity index (χ0v) is 19.9. The van der Waals surface area contributed by atoms with Gasteiger partial charge in [-0.15, -0.1) is 23.1 Å². The van der Waals surface area contributed by atoms with Gasteiger partial charge in [0, 0.05) is 29.0 Å². The van der Waals surface area contributed by atoms with Crippen molar-refractivity contribution in [2.24, 2.45) is 5.16 Å². The van der Waals surface area contributed by atoms with Crippen molar-refractivity contribution in [1.82, 2.24) is 29.8 Å². The van der Waals surface area contributed by atoms with Crippen molar-refractivity contribution in [2.45, 2.75) is 11.4 Å². The minimum Gasteiger partial charge on any atom is -0.398 e. The van der Waals surface area contributed by atoms with E-state index in [-0.39, 0.29) is 22.2 Å². The number of hydrogen-bond acceptors (Lipinski definition) is 11. The number of thiazole rings is 1. The predicted molar refractivity (Wildman–Crippen MR) is 129 cm³/mol. The van der Waals surface area contributed by atoms with Crippen LogP contribution in [0.4, 0.5) is 5.13 Å². The first kappa shape index (κ1) is 22.4. The number of nitrogens with one attached hydrogen (secondary N) is 1. The van der Waals surface area contributed by atoms with Gasteiger partial charge in [0.05, 0.1) is 11.9 Å². The number of β-lactam (4-membered cyclic amide) rings is 1. The standard InChI is InChI=1S/C19H16N8O4S3/c1-31-25-12(10-7-34-19(20)23-10)15(28)24-13-16(29)27-14(18(30)32)8(6-33-17(13)27)9-3-5-26-11(22-9)2-4-21-26/h2-5,7,13,17H,6H2,1H3,(H2,20,23)(H,24,28)(H,30,32)/t13-,17-/m1/s1. The number of fused-ring (bicyclic) bond motifs is 2. The van der Waals surface area contributed by atoms with E-state index in [1.165, 1.54) is 23.8 Å². The second-order valence-electron chi connectivity index (χ2n) is 7.13. The van der Waals surface area contributed by atoms with Crippen LogP contribution in [0.2, 0.25) is 0 Å².